The number of unbranched alkanes of at least 4 members (excludes halogenated alkanes) is 14. The summed E-state index contributed by atoms with van der Waals surface area (Å²) in [6.07, 6.45) is 17.2. The van der Waals surface area contributed by atoms with E-state index in [1.165, 1.54) is 121 Å². The SMILES string of the molecule is CC(=O)c1ccc(C)c(NC(=O)C(C(=O)C(C)(C)C)N2C(=O)OC(C)(C)C2=O)c1.CCCCCCCCCCCCOc1ccc(S(=O)(=O)C(CC)C(=O)Nc2cc(O)c(NC(=O)c3ccc(Cl)c(Cl)c3)cc2Cl)cc1.CCCCCCCCS(=O)(=O)Nc1ccccc1OCC(=O)NC(C)(C)C(C)(C)c1nnc2c(Cl)c(C(C)(C)C)[nH]n12. The van der Waals surface area contributed by atoms with E-state index in [2.05, 4.69) is 75.9 Å². The Balaban J connectivity index is 0.000000282. The molecule has 32 heteroatoms. The largest absolute Gasteiger partial charge is 0.506 e. The van der Waals surface area contributed by atoms with Crippen LogP contribution in [0, 0.1) is 12.3 Å². The van der Waals surface area contributed by atoms with E-state index >= 15 is 0 Å². The highest BCUT2D eigenvalue weighted by atomic mass is 35.5. The number of aromatic hydroxyl groups is 1. The average molecular weight is 1750 g/mol. The lowest BCUT2D eigenvalue weighted by molar-refractivity contribution is -0.145. The number of fused-ring (bicyclic) bond motifs is 1. The molecular formula is C86H116Cl4N10O16S2. The molecule has 7 aromatic rings. The van der Waals surface area contributed by atoms with Crippen LogP contribution in [0.25, 0.3) is 5.65 Å². The third-order valence-corrected chi connectivity index (χ3v) is 25.3. The number of phenolic OH excluding ortho intramolecular Hbond substituents is 1. The van der Waals surface area contributed by atoms with E-state index in [4.69, 9.17) is 60.6 Å². The second-order valence-electron chi connectivity index (χ2n) is 33.0. The lowest BCUT2D eigenvalue weighted by atomic mass is 9.73. The standard InChI is InChI=1S/C35H43Cl3N2O6S.C30H47ClN6O4S.C21H26N2O6/c1-3-5-6-7-8-9-10-11-12-13-20-46-25-15-17-26(18-16-25)47(44,45)33(4-2)35(43)39-30-23-32(41)31(22-29(30)38)40-34(42)24-14-19-27(36)28(37)21-24;1-9-10-11-12-13-16-19-42(39,40)36-21-17-14-15-18-22(21)41-20-23(38)32-30(7,8)29(5,6)27-34-33-26-24(31)25(28(2,3)4)35-37(26)27;1-11-8-9-13(12(2)24)10-14(11)22-17(26)15(16(25)20(3,4)5)23-18(27)21(6,7)29-19(23)28/h14-19,21-23,33,41H,3-13,20H2,1-2H3,(H,39,43)(H,40,42);14-15,17-18,35-36H,9-13,16,19-20H2,1-8H3,(H,32,38);8-10,15H,1-7H3,(H,22,26). The van der Waals surface area contributed by atoms with Gasteiger partial charge in [-0.1, -0.05) is 237 Å². The van der Waals surface area contributed by atoms with E-state index in [1.54, 1.807) is 87.7 Å². The molecule has 1 aliphatic heterocycles. The van der Waals surface area contributed by atoms with Crippen LogP contribution in [-0.4, -0.2) is 135 Å². The number of rotatable bonds is 39. The highest BCUT2D eigenvalue weighted by Gasteiger charge is 2.55. The number of sulfone groups is 1. The number of imide groups is 1. The summed E-state index contributed by atoms with van der Waals surface area (Å²) in [4.78, 5) is 102. The third kappa shape index (κ3) is 26.9. The van der Waals surface area contributed by atoms with Crippen molar-refractivity contribution in [3.63, 3.8) is 0 Å². The minimum atomic E-state index is -4.07. The summed E-state index contributed by atoms with van der Waals surface area (Å²) in [7, 11) is -7.62. The molecule has 646 valence electrons. The number of anilines is 4. The fourth-order valence-electron chi connectivity index (χ4n) is 12.5. The number of halogens is 4. The molecule has 7 N–H and O–H groups in total. The maximum absolute atomic E-state index is 13.4. The van der Waals surface area contributed by atoms with Gasteiger partial charge in [-0.3, -0.25) is 43.4 Å². The van der Waals surface area contributed by atoms with E-state index in [-0.39, 0.29) is 78.5 Å². The lowest BCUT2D eigenvalue weighted by Crippen LogP contribution is -2.57. The Morgan fingerprint density at radius 2 is 1.20 bits per heavy atom. The molecule has 1 fully saturated rings. The Labute approximate surface area is 714 Å². The number of nitrogens with one attached hydrogen (secondary N) is 6. The van der Waals surface area contributed by atoms with Gasteiger partial charge in [0.05, 0.1) is 55.1 Å². The number of ether oxygens (including phenoxy) is 3. The van der Waals surface area contributed by atoms with E-state index in [0.29, 0.717) is 62.7 Å². The highest BCUT2D eigenvalue weighted by molar-refractivity contribution is 7.93. The summed E-state index contributed by atoms with van der Waals surface area (Å²) in [6.45, 7) is 30.8. The summed E-state index contributed by atoms with van der Waals surface area (Å²) in [6, 6.07) is 22.5. The number of ketones is 2. The Morgan fingerprint density at radius 3 is 1.76 bits per heavy atom. The number of para-hydroxylation sites is 2. The van der Waals surface area contributed by atoms with Crippen molar-refractivity contribution < 1.29 is 74.5 Å². The molecule has 0 spiro atoms. The number of amides is 6. The summed E-state index contributed by atoms with van der Waals surface area (Å²) < 4.78 is 73.3. The zero-order chi connectivity index (χ0) is 88.1. The minimum Gasteiger partial charge on any atom is -0.506 e. The predicted octanol–water partition coefficient (Wildman–Crippen LogP) is 19.3. The number of phenols is 1. The van der Waals surface area contributed by atoms with Crippen LogP contribution in [-0.2, 0) is 59.4 Å². The van der Waals surface area contributed by atoms with Crippen molar-refractivity contribution in [2.24, 2.45) is 5.41 Å². The Kier molecular flexibility index (Phi) is 35.7. The number of carbonyl (C=O) groups is 8. The van der Waals surface area contributed by atoms with Gasteiger partial charge in [-0.05, 0) is 133 Å². The molecule has 0 bridgehead atoms. The summed E-state index contributed by atoms with van der Waals surface area (Å²) in [5.74, 6) is -3.09. The van der Waals surface area contributed by atoms with Gasteiger partial charge in [-0.2, -0.15) is 0 Å². The number of carbonyl (C=O) groups excluding carboxylic acids is 8. The van der Waals surface area contributed by atoms with Crippen LogP contribution in [0.5, 0.6) is 17.2 Å². The van der Waals surface area contributed by atoms with Gasteiger partial charge >= 0.3 is 6.09 Å². The zero-order valence-corrected chi connectivity index (χ0v) is 75.4. The van der Waals surface area contributed by atoms with Gasteiger partial charge in [-0.15, -0.1) is 10.2 Å². The van der Waals surface area contributed by atoms with Gasteiger partial charge in [0.25, 0.3) is 23.6 Å². The Morgan fingerprint density at radius 1 is 0.627 bits per heavy atom. The minimum absolute atomic E-state index is 0.00739. The molecule has 2 atom stereocenters. The number of nitrogens with zero attached hydrogens (tertiary/aromatic N) is 4. The molecule has 3 heterocycles. The number of aromatic amines is 1. The monoisotopic (exact) mass is 1750 g/mol. The van der Waals surface area contributed by atoms with Gasteiger partial charge in [-0.25, -0.2) is 31.0 Å². The van der Waals surface area contributed by atoms with E-state index in [9.17, 15) is 60.3 Å². The van der Waals surface area contributed by atoms with Crippen LogP contribution in [0.2, 0.25) is 20.1 Å². The first-order valence-electron chi connectivity index (χ1n) is 39.9. The van der Waals surface area contributed by atoms with E-state index in [0.717, 1.165) is 50.3 Å². The number of cyclic esters (lactones) is 1. The van der Waals surface area contributed by atoms with Crippen LogP contribution in [0.1, 0.15) is 258 Å². The number of sulfonamides is 1. The van der Waals surface area contributed by atoms with Crippen molar-refractivity contribution in [1.29, 1.82) is 0 Å². The van der Waals surface area contributed by atoms with Crippen LogP contribution >= 0.6 is 46.4 Å². The van der Waals surface area contributed by atoms with Crippen LogP contribution in [0.15, 0.2) is 102 Å². The van der Waals surface area contributed by atoms with Gasteiger partial charge < -0.3 is 40.6 Å². The molecule has 26 nitrogen and oxygen atoms in total. The van der Waals surface area contributed by atoms with Crippen LogP contribution < -0.4 is 35.5 Å². The molecule has 5 aromatic carbocycles. The van der Waals surface area contributed by atoms with Gasteiger partial charge in [0, 0.05) is 44.7 Å². The fraction of sp³-hybridized carbons (Fsp3) is 0.512. The van der Waals surface area contributed by atoms with Crippen LogP contribution in [0.3, 0.4) is 0 Å². The summed E-state index contributed by atoms with van der Waals surface area (Å²) in [5, 5.41) is 32.8. The maximum Gasteiger partial charge on any atom is 0.418 e. The lowest BCUT2D eigenvalue weighted by Gasteiger charge is -2.40. The number of hydrogen-bond donors (Lipinski definition) is 7. The first-order valence-corrected chi connectivity index (χ1v) is 44.6. The number of hydrogen-bond acceptors (Lipinski definition) is 18. The van der Waals surface area contributed by atoms with Gasteiger partial charge in [0.15, 0.2) is 51.1 Å². The van der Waals surface area contributed by atoms with Crippen molar-refractivity contribution in [3.8, 4) is 17.2 Å². The topological polar surface area (TPSA) is 362 Å². The second-order valence-corrected chi connectivity index (χ2v) is 38.6. The molecule has 1 aliphatic rings. The molecular weight excluding hydrogens is 1630 g/mol. The predicted molar refractivity (Wildman–Crippen MR) is 466 cm³/mol. The molecule has 118 heavy (non-hydrogen) atoms. The van der Waals surface area contributed by atoms with Crippen LogP contribution in [0.4, 0.5) is 27.5 Å². The van der Waals surface area contributed by atoms with E-state index in [1.807, 2.05) is 27.7 Å². The van der Waals surface area contributed by atoms with Crippen molar-refractivity contribution in [2.45, 2.75) is 265 Å². The molecule has 2 aromatic heterocycles. The maximum atomic E-state index is 13.4. The third-order valence-electron chi connectivity index (χ3n) is 20.3. The molecule has 2 unspecified atom stereocenters. The Hall–Kier alpha value is -8.80. The smallest absolute Gasteiger partial charge is 0.418 e. The molecule has 0 aliphatic carbocycles. The molecule has 1 saturated heterocycles. The van der Waals surface area contributed by atoms with Crippen molar-refractivity contribution in [1.82, 2.24) is 30.0 Å². The summed E-state index contributed by atoms with van der Waals surface area (Å²) >= 11 is 24.8. The molecule has 0 saturated carbocycles. The normalized spacial score (nSPS) is 13.6. The number of aromatic nitrogens is 4. The first kappa shape index (κ1) is 98.0. The van der Waals surface area contributed by atoms with Crippen molar-refractivity contribution >= 4 is 142 Å². The quantitative estimate of drug-likeness (QED) is 0.00814. The van der Waals surface area contributed by atoms with Gasteiger partial charge in [0.1, 0.15) is 27.5 Å². The van der Waals surface area contributed by atoms with Crippen molar-refractivity contribution in [2.75, 3.05) is 39.6 Å². The number of benzene rings is 5. The summed E-state index contributed by atoms with van der Waals surface area (Å²) in [5.41, 5.74) is -1.00. The highest BCUT2D eigenvalue weighted by Crippen LogP contribution is 2.40. The molecule has 6 amide bonds. The molecule has 0 radical (unpaired) electrons. The Bertz CT molecular complexity index is 4940. The van der Waals surface area contributed by atoms with Crippen molar-refractivity contribution in [3.05, 3.63) is 145 Å². The number of aryl methyl sites for hydroxylation is 1. The first-order chi connectivity index (χ1) is 55.1. The zero-order valence-electron chi connectivity index (χ0n) is 70.7. The number of Topliss-reactive ketones (excluding diaryl/α,β-unsaturated/α-hetero) is 2. The second kappa shape index (κ2) is 42.9. The van der Waals surface area contributed by atoms with E-state index < -0.39 is 94.4 Å². The molecule has 8 rings (SSSR count). The average Bonchev–Trinajstić information content (AvgIpc) is 1.56. The number of H-pyrrole nitrogens is 1. The van der Waals surface area contributed by atoms with Gasteiger partial charge in [0.2, 0.25) is 15.9 Å². The fourth-order valence-corrected chi connectivity index (χ4v) is 16.3.